The summed E-state index contributed by atoms with van der Waals surface area (Å²) >= 11 is 0. The van der Waals surface area contributed by atoms with Crippen molar-refractivity contribution in [2.45, 2.75) is 43.9 Å². The number of para-hydroxylation sites is 1. The van der Waals surface area contributed by atoms with Crippen LogP contribution in [0.5, 0.6) is 0 Å². The monoisotopic (exact) mass is 371 g/mol. The van der Waals surface area contributed by atoms with Gasteiger partial charge in [0.15, 0.2) is 5.96 Å². The molecule has 3 aliphatic rings. The molecule has 1 spiro atoms. The normalized spacial score (nSPS) is 24.0. The van der Waals surface area contributed by atoms with Crippen LogP contribution < -0.4 is 10.2 Å². The van der Waals surface area contributed by atoms with E-state index in [0.29, 0.717) is 11.3 Å². The smallest absolute Gasteiger partial charge is 0.198 e. The number of anilines is 1. The molecule has 0 amide bonds. The van der Waals surface area contributed by atoms with Gasteiger partial charge in [-0.1, -0.05) is 31.0 Å². The standard InChI is InChI=1S/C22H33N3O2/c1-23-21(24-12-6-13-26-15-18-9-14-27-16-18)25-17-22(10-4-5-11-22)19-7-2-3-8-20(19)25/h2-3,7-8,18H,4-6,9-17H2,1H3,(H,23,24). The molecule has 2 heterocycles. The number of ether oxygens (including phenoxy) is 2. The van der Waals surface area contributed by atoms with Crippen LogP contribution in [-0.2, 0) is 14.9 Å². The number of fused-ring (bicyclic) bond motifs is 2. The summed E-state index contributed by atoms with van der Waals surface area (Å²) in [5, 5.41) is 3.56. The molecule has 2 fully saturated rings. The molecule has 0 radical (unpaired) electrons. The van der Waals surface area contributed by atoms with Crippen LogP contribution in [0, 0.1) is 5.92 Å². The average molecular weight is 372 g/mol. The van der Waals surface area contributed by atoms with E-state index >= 15 is 0 Å². The highest BCUT2D eigenvalue weighted by Crippen LogP contribution is 2.50. The van der Waals surface area contributed by atoms with Crippen molar-refractivity contribution in [3.63, 3.8) is 0 Å². The Morgan fingerprint density at radius 2 is 2.19 bits per heavy atom. The van der Waals surface area contributed by atoms with Gasteiger partial charge in [0, 0.05) is 50.4 Å². The van der Waals surface area contributed by atoms with Crippen LogP contribution in [-0.4, -0.2) is 52.5 Å². The van der Waals surface area contributed by atoms with E-state index in [-0.39, 0.29) is 0 Å². The van der Waals surface area contributed by atoms with Crippen LogP contribution in [0.4, 0.5) is 5.69 Å². The minimum absolute atomic E-state index is 0.334. The van der Waals surface area contributed by atoms with E-state index < -0.39 is 0 Å². The zero-order valence-electron chi connectivity index (χ0n) is 16.6. The number of rotatable bonds is 6. The zero-order chi connectivity index (χ0) is 18.5. The fourth-order valence-corrected chi connectivity index (χ4v) is 4.93. The molecule has 1 saturated carbocycles. The van der Waals surface area contributed by atoms with Gasteiger partial charge in [-0.3, -0.25) is 4.99 Å². The van der Waals surface area contributed by atoms with Crippen LogP contribution in [0.25, 0.3) is 0 Å². The van der Waals surface area contributed by atoms with Crippen molar-refractivity contribution in [2.75, 3.05) is 51.5 Å². The van der Waals surface area contributed by atoms with Gasteiger partial charge in [-0.05, 0) is 37.3 Å². The van der Waals surface area contributed by atoms with Gasteiger partial charge < -0.3 is 19.7 Å². The van der Waals surface area contributed by atoms with Crippen LogP contribution in [0.15, 0.2) is 29.3 Å². The van der Waals surface area contributed by atoms with Crippen molar-refractivity contribution in [3.8, 4) is 0 Å². The van der Waals surface area contributed by atoms with Crippen LogP contribution in [0.2, 0.25) is 0 Å². The first-order chi connectivity index (χ1) is 13.3. The Kier molecular flexibility index (Phi) is 5.98. The third-order valence-electron chi connectivity index (χ3n) is 6.38. The molecule has 148 valence electrons. The Hall–Kier alpha value is -1.59. The molecule has 1 aromatic rings. The van der Waals surface area contributed by atoms with Crippen LogP contribution in [0.3, 0.4) is 0 Å². The SMILES string of the molecule is CN=C(NCCCOCC1CCOC1)N1CC2(CCCC2)c2ccccc21. The van der Waals surface area contributed by atoms with Gasteiger partial charge in [-0.15, -0.1) is 0 Å². The number of hydrogen-bond donors (Lipinski definition) is 1. The van der Waals surface area contributed by atoms with Gasteiger partial charge in [0.05, 0.1) is 13.2 Å². The highest BCUT2D eigenvalue weighted by Gasteiger charge is 2.45. The maximum atomic E-state index is 5.82. The minimum Gasteiger partial charge on any atom is -0.381 e. The highest BCUT2D eigenvalue weighted by atomic mass is 16.5. The molecule has 0 bridgehead atoms. The third kappa shape index (κ3) is 3.99. The molecule has 2 aliphatic heterocycles. The van der Waals surface area contributed by atoms with Gasteiger partial charge in [0.2, 0.25) is 0 Å². The lowest BCUT2D eigenvalue weighted by atomic mass is 9.81. The molecule has 4 rings (SSSR count). The van der Waals surface area contributed by atoms with Crippen molar-refractivity contribution in [2.24, 2.45) is 10.9 Å². The number of nitrogens with zero attached hydrogens (tertiary/aromatic N) is 2. The van der Waals surface area contributed by atoms with E-state index in [9.17, 15) is 0 Å². The summed E-state index contributed by atoms with van der Waals surface area (Å²) in [5.74, 6) is 1.59. The Labute approximate surface area is 163 Å². The topological polar surface area (TPSA) is 46.1 Å². The Bertz CT molecular complexity index is 649. The van der Waals surface area contributed by atoms with Crippen molar-refractivity contribution in [3.05, 3.63) is 29.8 Å². The van der Waals surface area contributed by atoms with Crippen LogP contribution in [0.1, 0.15) is 44.1 Å². The Balaban J connectivity index is 1.29. The summed E-state index contributed by atoms with van der Waals surface area (Å²) in [6.45, 7) is 5.33. The molecular weight excluding hydrogens is 338 g/mol. The summed E-state index contributed by atoms with van der Waals surface area (Å²) in [6, 6.07) is 8.91. The number of nitrogens with one attached hydrogen (secondary N) is 1. The Morgan fingerprint density at radius 3 is 2.96 bits per heavy atom. The first kappa shape index (κ1) is 18.8. The lowest BCUT2D eigenvalue weighted by Gasteiger charge is -2.26. The van der Waals surface area contributed by atoms with Gasteiger partial charge in [0.1, 0.15) is 0 Å². The van der Waals surface area contributed by atoms with Crippen molar-refractivity contribution >= 4 is 11.6 Å². The molecule has 27 heavy (non-hydrogen) atoms. The van der Waals surface area contributed by atoms with Crippen molar-refractivity contribution < 1.29 is 9.47 Å². The highest BCUT2D eigenvalue weighted by molar-refractivity contribution is 5.98. The minimum atomic E-state index is 0.334. The lowest BCUT2D eigenvalue weighted by Crippen LogP contribution is -2.43. The van der Waals surface area contributed by atoms with E-state index in [0.717, 1.165) is 58.3 Å². The predicted octanol–water partition coefficient (Wildman–Crippen LogP) is 3.34. The van der Waals surface area contributed by atoms with Gasteiger partial charge in [-0.2, -0.15) is 0 Å². The largest absolute Gasteiger partial charge is 0.381 e. The lowest BCUT2D eigenvalue weighted by molar-refractivity contribution is 0.0888. The molecular formula is C22H33N3O2. The van der Waals surface area contributed by atoms with Gasteiger partial charge in [-0.25, -0.2) is 0 Å². The third-order valence-corrected chi connectivity index (χ3v) is 6.38. The number of hydrogen-bond acceptors (Lipinski definition) is 3. The van der Waals surface area contributed by atoms with Gasteiger partial charge in [0.25, 0.3) is 0 Å². The van der Waals surface area contributed by atoms with E-state index in [2.05, 4.69) is 39.5 Å². The van der Waals surface area contributed by atoms with E-state index in [1.165, 1.54) is 36.9 Å². The second-order valence-corrected chi connectivity index (χ2v) is 8.22. The zero-order valence-corrected chi connectivity index (χ0v) is 16.6. The van der Waals surface area contributed by atoms with E-state index in [4.69, 9.17) is 9.47 Å². The van der Waals surface area contributed by atoms with Crippen molar-refractivity contribution in [1.29, 1.82) is 0 Å². The average Bonchev–Trinajstić information content (AvgIpc) is 3.44. The summed E-state index contributed by atoms with van der Waals surface area (Å²) in [7, 11) is 1.89. The number of guanidine groups is 1. The molecule has 1 aromatic carbocycles. The summed E-state index contributed by atoms with van der Waals surface area (Å²) in [4.78, 5) is 6.98. The fraction of sp³-hybridized carbons (Fsp3) is 0.682. The molecule has 1 N–H and O–H groups in total. The first-order valence-corrected chi connectivity index (χ1v) is 10.6. The Morgan fingerprint density at radius 1 is 1.33 bits per heavy atom. The van der Waals surface area contributed by atoms with E-state index in [1.807, 2.05) is 7.05 Å². The first-order valence-electron chi connectivity index (χ1n) is 10.6. The second-order valence-electron chi connectivity index (χ2n) is 8.22. The van der Waals surface area contributed by atoms with E-state index in [1.54, 1.807) is 0 Å². The molecule has 5 heteroatoms. The summed E-state index contributed by atoms with van der Waals surface area (Å²) in [5.41, 5.74) is 3.19. The molecule has 0 aromatic heterocycles. The molecule has 5 nitrogen and oxygen atoms in total. The summed E-state index contributed by atoms with van der Waals surface area (Å²) in [6.07, 6.45) is 7.43. The molecule has 1 atom stereocenters. The van der Waals surface area contributed by atoms with Gasteiger partial charge >= 0.3 is 0 Å². The number of aliphatic imine (C=N–C) groups is 1. The molecule has 1 saturated heterocycles. The predicted molar refractivity (Wildman–Crippen MR) is 110 cm³/mol. The van der Waals surface area contributed by atoms with Crippen molar-refractivity contribution in [1.82, 2.24) is 5.32 Å². The number of benzene rings is 1. The fourth-order valence-electron chi connectivity index (χ4n) is 4.93. The molecule has 1 unspecified atom stereocenters. The molecule has 1 aliphatic carbocycles. The maximum Gasteiger partial charge on any atom is 0.198 e. The quantitative estimate of drug-likeness (QED) is 0.473. The second kappa shape index (κ2) is 8.61. The summed E-state index contributed by atoms with van der Waals surface area (Å²) < 4.78 is 11.2. The maximum absolute atomic E-state index is 5.82. The van der Waals surface area contributed by atoms with Crippen LogP contribution >= 0.6 is 0 Å².